The average Bonchev–Trinajstić information content (AvgIpc) is 2.30. The summed E-state index contributed by atoms with van der Waals surface area (Å²) >= 11 is 0. The van der Waals surface area contributed by atoms with Gasteiger partial charge in [0.05, 0.1) is 5.25 Å². The van der Waals surface area contributed by atoms with Gasteiger partial charge in [-0.05, 0) is 24.3 Å². The summed E-state index contributed by atoms with van der Waals surface area (Å²) in [5, 5.41) is -0.857. The molecule has 2 rings (SSSR count). The molecule has 0 aliphatic heterocycles. The van der Waals surface area contributed by atoms with E-state index in [-0.39, 0.29) is 57.3 Å². The third kappa shape index (κ3) is 4.40. The molecule has 0 amide bonds. The normalized spacial score (nSPS) is 18.9. The van der Waals surface area contributed by atoms with E-state index in [0.717, 1.165) is 32.1 Å². The van der Waals surface area contributed by atoms with Gasteiger partial charge < -0.3 is 4.55 Å². The monoisotopic (exact) mass is 292 g/mol. The Kier molecular flexibility index (Phi) is 7.03. The molecule has 0 unspecified atom stereocenters. The SMILES string of the molecule is O=S(=O)([O-])[C@H](c1ccccc1)C1CCCCC1.[K+]. The predicted molar refractivity (Wildman–Crippen MR) is 65.5 cm³/mol. The van der Waals surface area contributed by atoms with Gasteiger partial charge in [0.2, 0.25) is 0 Å². The fraction of sp³-hybridized carbons (Fsp3) is 0.538. The van der Waals surface area contributed by atoms with Crippen LogP contribution >= 0.6 is 0 Å². The van der Waals surface area contributed by atoms with Crippen LogP contribution in [0.4, 0.5) is 0 Å². The summed E-state index contributed by atoms with van der Waals surface area (Å²) in [6.07, 6.45) is 4.91. The number of hydrogen-bond donors (Lipinski definition) is 0. The van der Waals surface area contributed by atoms with Crippen molar-refractivity contribution in [3.63, 3.8) is 0 Å². The molecular weight excluding hydrogens is 275 g/mol. The van der Waals surface area contributed by atoms with E-state index in [1.54, 1.807) is 24.3 Å². The second kappa shape index (κ2) is 7.52. The van der Waals surface area contributed by atoms with Crippen LogP contribution in [0, 0.1) is 5.92 Å². The molecule has 1 aromatic rings. The van der Waals surface area contributed by atoms with Crippen molar-refractivity contribution in [2.24, 2.45) is 5.92 Å². The van der Waals surface area contributed by atoms with Gasteiger partial charge >= 0.3 is 51.4 Å². The molecule has 0 radical (unpaired) electrons. The minimum Gasteiger partial charge on any atom is -0.747 e. The molecule has 3 nitrogen and oxygen atoms in total. The van der Waals surface area contributed by atoms with Gasteiger partial charge in [0.15, 0.2) is 0 Å². The first kappa shape index (κ1) is 16.8. The molecule has 1 saturated carbocycles. The van der Waals surface area contributed by atoms with Crippen molar-refractivity contribution >= 4 is 10.1 Å². The second-order valence-corrected chi connectivity index (χ2v) is 6.22. The topological polar surface area (TPSA) is 57.2 Å². The van der Waals surface area contributed by atoms with E-state index in [1.807, 2.05) is 6.07 Å². The summed E-state index contributed by atoms with van der Waals surface area (Å²) in [4.78, 5) is 0. The van der Waals surface area contributed by atoms with Crippen molar-refractivity contribution in [2.45, 2.75) is 37.4 Å². The molecule has 5 heteroatoms. The Balaban J connectivity index is 0.00000162. The van der Waals surface area contributed by atoms with Crippen LogP contribution in [0.2, 0.25) is 0 Å². The predicted octanol–water partition coefficient (Wildman–Crippen LogP) is -0.143. The summed E-state index contributed by atoms with van der Waals surface area (Å²) < 4.78 is 34.4. The fourth-order valence-electron chi connectivity index (χ4n) is 2.75. The van der Waals surface area contributed by atoms with Gasteiger partial charge in [-0.25, -0.2) is 8.42 Å². The first-order valence-electron chi connectivity index (χ1n) is 6.08. The maximum Gasteiger partial charge on any atom is 1.00 e. The largest absolute Gasteiger partial charge is 1.00 e. The van der Waals surface area contributed by atoms with Crippen molar-refractivity contribution in [1.29, 1.82) is 0 Å². The number of hydrogen-bond acceptors (Lipinski definition) is 3. The molecular formula is C13H17KO3S. The molecule has 0 N–H and O–H groups in total. The van der Waals surface area contributed by atoms with Gasteiger partial charge in [-0.2, -0.15) is 0 Å². The first-order valence-corrected chi connectivity index (χ1v) is 7.56. The van der Waals surface area contributed by atoms with Crippen LogP contribution < -0.4 is 51.4 Å². The van der Waals surface area contributed by atoms with Crippen molar-refractivity contribution in [3.8, 4) is 0 Å². The maximum absolute atomic E-state index is 11.5. The molecule has 1 aromatic carbocycles. The first-order chi connectivity index (χ1) is 8.09. The third-order valence-corrected chi connectivity index (χ3v) is 4.80. The van der Waals surface area contributed by atoms with Crippen molar-refractivity contribution in [3.05, 3.63) is 35.9 Å². The zero-order chi connectivity index (χ0) is 12.3. The van der Waals surface area contributed by atoms with E-state index >= 15 is 0 Å². The van der Waals surface area contributed by atoms with E-state index in [2.05, 4.69) is 0 Å². The van der Waals surface area contributed by atoms with E-state index in [4.69, 9.17) is 0 Å². The zero-order valence-corrected chi connectivity index (χ0v) is 14.6. The van der Waals surface area contributed by atoms with Crippen LogP contribution in [0.3, 0.4) is 0 Å². The molecule has 0 aromatic heterocycles. The molecule has 1 atom stereocenters. The Morgan fingerprint density at radius 1 is 1.06 bits per heavy atom. The molecule has 1 fully saturated rings. The van der Waals surface area contributed by atoms with Crippen LogP contribution in [0.5, 0.6) is 0 Å². The van der Waals surface area contributed by atoms with Crippen LogP contribution in [0.15, 0.2) is 30.3 Å². The average molecular weight is 292 g/mol. The Morgan fingerprint density at radius 2 is 1.61 bits per heavy atom. The number of rotatable bonds is 3. The minimum atomic E-state index is -4.27. The van der Waals surface area contributed by atoms with Crippen LogP contribution in [-0.4, -0.2) is 13.0 Å². The number of benzene rings is 1. The zero-order valence-electron chi connectivity index (χ0n) is 10.7. The van der Waals surface area contributed by atoms with Crippen molar-refractivity contribution in [1.82, 2.24) is 0 Å². The standard InChI is InChI=1S/C13H18O3S.K/c14-17(15,16)13(11-7-3-1-4-8-11)12-9-5-2-6-10-12;/h1,3-4,7-8,12-13H,2,5-6,9-10H2,(H,14,15,16);/q;+1/p-1/t13-;/m1./s1. The van der Waals surface area contributed by atoms with Crippen LogP contribution in [0.25, 0.3) is 0 Å². The molecule has 0 spiro atoms. The Hall–Kier alpha value is 0.766. The molecule has 0 saturated heterocycles. The Morgan fingerprint density at radius 3 is 2.11 bits per heavy atom. The van der Waals surface area contributed by atoms with Gasteiger partial charge in [-0.15, -0.1) is 0 Å². The van der Waals surface area contributed by atoms with Crippen molar-refractivity contribution in [2.75, 3.05) is 0 Å². The van der Waals surface area contributed by atoms with Gasteiger partial charge in [-0.1, -0.05) is 49.6 Å². The van der Waals surface area contributed by atoms with E-state index < -0.39 is 15.4 Å². The van der Waals surface area contributed by atoms with E-state index in [9.17, 15) is 13.0 Å². The van der Waals surface area contributed by atoms with Crippen LogP contribution in [0.1, 0.15) is 42.9 Å². The molecule has 0 heterocycles. The second-order valence-electron chi connectivity index (χ2n) is 4.72. The Labute approximate surface area is 152 Å². The molecule has 18 heavy (non-hydrogen) atoms. The van der Waals surface area contributed by atoms with E-state index in [0.29, 0.717) is 5.56 Å². The summed E-state index contributed by atoms with van der Waals surface area (Å²) in [6, 6.07) is 8.90. The molecule has 1 aliphatic carbocycles. The minimum absolute atomic E-state index is 0. The smallest absolute Gasteiger partial charge is 0.747 e. The van der Waals surface area contributed by atoms with Crippen LogP contribution in [-0.2, 0) is 10.1 Å². The quantitative estimate of drug-likeness (QED) is 0.575. The Bertz CT molecular complexity index is 452. The van der Waals surface area contributed by atoms with Gasteiger partial charge in [0.1, 0.15) is 10.1 Å². The summed E-state index contributed by atoms with van der Waals surface area (Å²) in [5.74, 6) is -0.00588. The van der Waals surface area contributed by atoms with Gasteiger partial charge in [0.25, 0.3) is 0 Å². The molecule has 94 valence electrons. The summed E-state index contributed by atoms with van der Waals surface area (Å²) in [6.45, 7) is 0. The van der Waals surface area contributed by atoms with E-state index in [1.165, 1.54) is 0 Å². The van der Waals surface area contributed by atoms with Crippen molar-refractivity contribution < 1.29 is 64.4 Å². The van der Waals surface area contributed by atoms with Gasteiger partial charge in [0, 0.05) is 0 Å². The summed E-state index contributed by atoms with van der Waals surface area (Å²) in [5.41, 5.74) is 0.648. The summed E-state index contributed by atoms with van der Waals surface area (Å²) in [7, 11) is -4.27. The maximum atomic E-state index is 11.5. The van der Waals surface area contributed by atoms with Gasteiger partial charge in [-0.3, -0.25) is 0 Å². The molecule has 1 aliphatic rings. The fourth-order valence-corrected chi connectivity index (χ4v) is 3.99. The third-order valence-electron chi connectivity index (χ3n) is 3.52. The molecule has 0 bridgehead atoms.